The summed E-state index contributed by atoms with van der Waals surface area (Å²) >= 11 is 0. The van der Waals surface area contributed by atoms with E-state index in [4.69, 9.17) is 0 Å². The molecular weight excluding hydrogens is 158 g/mol. The number of allylic oxidation sites excluding steroid dienone is 2. The Bertz CT molecular complexity index is 361. The van der Waals surface area contributed by atoms with Crippen molar-refractivity contribution in [2.75, 3.05) is 5.32 Å². The van der Waals surface area contributed by atoms with Crippen LogP contribution in [0.4, 0.5) is 5.69 Å². The smallest absolute Gasteiger partial charge is 0.0456 e. The first-order valence-electron chi connectivity index (χ1n) is 4.63. The molecule has 0 amide bonds. The summed E-state index contributed by atoms with van der Waals surface area (Å²) in [5, 5.41) is 3.26. The molecule has 0 fully saturated rings. The summed E-state index contributed by atoms with van der Waals surface area (Å²) < 4.78 is 0. The highest BCUT2D eigenvalue weighted by Gasteiger charge is 2.03. The van der Waals surface area contributed by atoms with Crippen LogP contribution in [0.2, 0.25) is 0 Å². The molecule has 1 aliphatic rings. The van der Waals surface area contributed by atoms with Crippen LogP contribution in [0, 0.1) is 0 Å². The van der Waals surface area contributed by atoms with Crippen molar-refractivity contribution in [1.82, 2.24) is 0 Å². The van der Waals surface area contributed by atoms with Crippen molar-refractivity contribution in [1.29, 1.82) is 0 Å². The van der Waals surface area contributed by atoms with E-state index in [0.717, 1.165) is 6.42 Å². The molecule has 2 rings (SSSR count). The average molecular weight is 171 g/mol. The average Bonchev–Trinajstić information content (AvgIpc) is 2.41. The number of benzene rings is 1. The maximum Gasteiger partial charge on any atom is 0.0456 e. The van der Waals surface area contributed by atoms with Crippen LogP contribution < -0.4 is 5.32 Å². The molecule has 0 unspecified atom stereocenters. The molecule has 0 atom stereocenters. The Labute approximate surface area is 78.8 Å². The molecule has 0 spiro atoms. The SMILES string of the molecule is CCc1cccc2c1C=CC=CN2. The molecule has 0 saturated heterocycles. The van der Waals surface area contributed by atoms with Gasteiger partial charge >= 0.3 is 0 Å². The topological polar surface area (TPSA) is 12.0 Å². The van der Waals surface area contributed by atoms with Gasteiger partial charge in [0, 0.05) is 17.5 Å². The molecule has 1 aliphatic heterocycles. The van der Waals surface area contributed by atoms with Crippen LogP contribution in [-0.2, 0) is 6.42 Å². The Morgan fingerprint density at radius 2 is 2.15 bits per heavy atom. The lowest BCUT2D eigenvalue weighted by Gasteiger charge is -2.08. The number of hydrogen-bond donors (Lipinski definition) is 1. The summed E-state index contributed by atoms with van der Waals surface area (Å²) in [4.78, 5) is 0. The van der Waals surface area contributed by atoms with E-state index in [1.54, 1.807) is 0 Å². The third kappa shape index (κ3) is 1.50. The number of anilines is 1. The van der Waals surface area contributed by atoms with Gasteiger partial charge in [-0.2, -0.15) is 0 Å². The fourth-order valence-corrected chi connectivity index (χ4v) is 1.59. The standard InChI is InChI=1S/C12H13N/c1-2-10-6-5-8-12-11(10)7-3-4-9-13-12/h3-9,13H,2H2,1H3. The van der Waals surface area contributed by atoms with Crippen LogP contribution in [0.25, 0.3) is 6.08 Å². The Kier molecular flexibility index (Phi) is 2.17. The molecule has 1 heteroatoms. The van der Waals surface area contributed by atoms with Crippen LogP contribution in [0.15, 0.2) is 36.6 Å². The molecule has 13 heavy (non-hydrogen) atoms. The Morgan fingerprint density at radius 1 is 1.23 bits per heavy atom. The number of nitrogens with one attached hydrogen (secondary N) is 1. The van der Waals surface area contributed by atoms with Gasteiger partial charge in [-0.05, 0) is 24.1 Å². The maximum absolute atomic E-state index is 3.26. The van der Waals surface area contributed by atoms with Crippen LogP contribution in [-0.4, -0.2) is 0 Å². The zero-order valence-corrected chi connectivity index (χ0v) is 7.75. The van der Waals surface area contributed by atoms with Crippen molar-refractivity contribution >= 4 is 11.8 Å². The molecule has 66 valence electrons. The van der Waals surface area contributed by atoms with E-state index in [2.05, 4.69) is 42.6 Å². The van der Waals surface area contributed by atoms with Crippen molar-refractivity contribution in [2.45, 2.75) is 13.3 Å². The van der Waals surface area contributed by atoms with E-state index in [-0.39, 0.29) is 0 Å². The first kappa shape index (κ1) is 8.11. The molecule has 0 radical (unpaired) electrons. The fourth-order valence-electron chi connectivity index (χ4n) is 1.59. The maximum atomic E-state index is 3.26. The number of hydrogen-bond acceptors (Lipinski definition) is 1. The zero-order valence-electron chi connectivity index (χ0n) is 7.75. The molecule has 0 bridgehead atoms. The van der Waals surface area contributed by atoms with Gasteiger partial charge < -0.3 is 5.32 Å². The number of aryl methyl sites for hydroxylation is 1. The Balaban J connectivity index is 2.55. The molecular formula is C12H13N. The highest BCUT2D eigenvalue weighted by molar-refractivity contribution is 5.72. The zero-order chi connectivity index (χ0) is 9.10. The molecule has 0 aliphatic carbocycles. The van der Waals surface area contributed by atoms with E-state index in [9.17, 15) is 0 Å². The fraction of sp³-hybridized carbons (Fsp3) is 0.167. The molecule has 1 nitrogen and oxygen atoms in total. The second-order valence-corrected chi connectivity index (χ2v) is 3.09. The van der Waals surface area contributed by atoms with E-state index >= 15 is 0 Å². The molecule has 1 aromatic carbocycles. The minimum absolute atomic E-state index is 1.08. The molecule has 1 aromatic rings. The minimum Gasteiger partial charge on any atom is -0.361 e. The molecule has 1 N–H and O–H groups in total. The number of rotatable bonds is 1. The van der Waals surface area contributed by atoms with Gasteiger partial charge in [-0.25, -0.2) is 0 Å². The van der Waals surface area contributed by atoms with Crippen LogP contribution >= 0.6 is 0 Å². The monoisotopic (exact) mass is 171 g/mol. The quantitative estimate of drug-likeness (QED) is 0.684. The molecule has 1 heterocycles. The second-order valence-electron chi connectivity index (χ2n) is 3.09. The first-order valence-corrected chi connectivity index (χ1v) is 4.63. The normalized spacial score (nSPS) is 13.3. The van der Waals surface area contributed by atoms with Crippen LogP contribution in [0.5, 0.6) is 0 Å². The van der Waals surface area contributed by atoms with Gasteiger partial charge in [-0.15, -0.1) is 0 Å². The predicted octanol–water partition coefficient (Wildman–Crippen LogP) is 3.20. The third-order valence-electron chi connectivity index (χ3n) is 2.29. The Morgan fingerprint density at radius 3 is 3.00 bits per heavy atom. The summed E-state index contributed by atoms with van der Waals surface area (Å²) in [5.74, 6) is 0. The van der Waals surface area contributed by atoms with E-state index in [0.29, 0.717) is 0 Å². The summed E-state index contributed by atoms with van der Waals surface area (Å²) in [7, 11) is 0. The van der Waals surface area contributed by atoms with Gasteiger partial charge in [0.25, 0.3) is 0 Å². The van der Waals surface area contributed by atoms with E-state index in [1.165, 1.54) is 16.8 Å². The van der Waals surface area contributed by atoms with Gasteiger partial charge in [0.1, 0.15) is 0 Å². The van der Waals surface area contributed by atoms with Gasteiger partial charge in [-0.3, -0.25) is 0 Å². The largest absolute Gasteiger partial charge is 0.361 e. The van der Waals surface area contributed by atoms with Crippen LogP contribution in [0.1, 0.15) is 18.1 Å². The Hall–Kier alpha value is -1.50. The lowest BCUT2D eigenvalue weighted by Crippen LogP contribution is -1.93. The summed E-state index contributed by atoms with van der Waals surface area (Å²) in [6, 6.07) is 6.38. The van der Waals surface area contributed by atoms with E-state index in [1.807, 2.05) is 12.3 Å². The summed E-state index contributed by atoms with van der Waals surface area (Å²) in [6.07, 6.45) is 9.28. The van der Waals surface area contributed by atoms with Gasteiger partial charge in [0.05, 0.1) is 0 Å². The van der Waals surface area contributed by atoms with Crippen molar-refractivity contribution in [3.8, 4) is 0 Å². The van der Waals surface area contributed by atoms with Crippen molar-refractivity contribution < 1.29 is 0 Å². The number of fused-ring (bicyclic) bond motifs is 1. The highest BCUT2D eigenvalue weighted by Crippen LogP contribution is 2.23. The van der Waals surface area contributed by atoms with Crippen molar-refractivity contribution in [3.05, 3.63) is 47.7 Å². The third-order valence-corrected chi connectivity index (χ3v) is 2.29. The predicted molar refractivity (Wildman–Crippen MR) is 57.6 cm³/mol. The van der Waals surface area contributed by atoms with Gasteiger partial charge in [0.2, 0.25) is 0 Å². The van der Waals surface area contributed by atoms with E-state index < -0.39 is 0 Å². The van der Waals surface area contributed by atoms with Gasteiger partial charge in [0.15, 0.2) is 0 Å². The minimum atomic E-state index is 1.08. The summed E-state index contributed by atoms with van der Waals surface area (Å²) in [6.45, 7) is 2.18. The lowest BCUT2D eigenvalue weighted by atomic mass is 10.0. The van der Waals surface area contributed by atoms with Gasteiger partial charge in [-0.1, -0.05) is 31.2 Å². The lowest BCUT2D eigenvalue weighted by molar-refractivity contribution is 1.13. The van der Waals surface area contributed by atoms with Crippen LogP contribution in [0.3, 0.4) is 0 Å². The van der Waals surface area contributed by atoms with Crippen molar-refractivity contribution in [3.63, 3.8) is 0 Å². The summed E-state index contributed by atoms with van der Waals surface area (Å²) in [5.41, 5.74) is 3.91. The first-order chi connectivity index (χ1) is 6.42. The molecule has 0 saturated carbocycles. The second kappa shape index (κ2) is 3.48. The molecule has 0 aromatic heterocycles. The highest BCUT2D eigenvalue weighted by atomic mass is 14.8. The van der Waals surface area contributed by atoms with Crippen molar-refractivity contribution in [2.24, 2.45) is 0 Å².